The van der Waals surface area contributed by atoms with Crippen molar-refractivity contribution in [2.45, 2.75) is 12.1 Å². The van der Waals surface area contributed by atoms with Gasteiger partial charge in [0.2, 0.25) is 5.91 Å². The van der Waals surface area contributed by atoms with Gasteiger partial charge in [0.15, 0.2) is 11.0 Å². The summed E-state index contributed by atoms with van der Waals surface area (Å²) in [6.45, 7) is 1.99. The molecule has 134 valence electrons. The molecule has 0 unspecified atom stereocenters. The van der Waals surface area contributed by atoms with E-state index >= 15 is 0 Å². The van der Waals surface area contributed by atoms with Gasteiger partial charge < -0.3 is 9.88 Å². The molecule has 1 aromatic carbocycles. The number of aryl methyl sites for hydroxylation is 1. The number of pyridine rings is 1. The van der Waals surface area contributed by atoms with E-state index in [0.717, 1.165) is 31.6 Å². The molecule has 0 saturated carbocycles. The highest BCUT2D eigenvalue weighted by molar-refractivity contribution is 9.11. The predicted molar refractivity (Wildman–Crippen MR) is 110 cm³/mol. The second-order valence-electron chi connectivity index (χ2n) is 5.54. The highest BCUT2D eigenvalue weighted by Gasteiger charge is 2.14. The fourth-order valence-corrected chi connectivity index (χ4v) is 4.64. The first kappa shape index (κ1) is 19.1. The van der Waals surface area contributed by atoms with Gasteiger partial charge in [-0.15, -0.1) is 10.2 Å². The van der Waals surface area contributed by atoms with Crippen molar-refractivity contribution >= 4 is 55.2 Å². The summed E-state index contributed by atoms with van der Waals surface area (Å²) in [5.41, 5.74) is 2.74. The topological polar surface area (TPSA) is 72.7 Å². The average molecular weight is 497 g/mol. The van der Waals surface area contributed by atoms with E-state index < -0.39 is 0 Å². The molecule has 0 radical (unpaired) electrons. The van der Waals surface area contributed by atoms with E-state index in [1.807, 2.05) is 42.8 Å². The van der Waals surface area contributed by atoms with Gasteiger partial charge in [0.1, 0.15) is 0 Å². The van der Waals surface area contributed by atoms with Crippen LogP contribution in [0.25, 0.3) is 11.4 Å². The third-order valence-corrected chi connectivity index (χ3v) is 5.83. The van der Waals surface area contributed by atoms with Crippen LogP contribution in [-0.2, 0) is 11.8 Å². The molecule has 0 fully saturated rings. The minimum Gasteiger partial charge on any atom is -0.323 e. The highest BCUT2D eigenvalue weighted by atomic mass is 79.9. The van der Waals surface area contributed by atoms with Crippen molar-refractivity contribution in [1.29, 1.82) is 0 Å². The summed E-state index contributed by atoms with van der Waals surface area (Å²) in [6.07, 6.45) is 3.42. The van der Waals surface area contributed by atoms with Gasteiger partial charge in [-0.05, 0) is 68.6 Å². The molecule has 6 nitrogen and oxygen atoms in total. The summed E-state index contributed by atoms with van der Waals surface area (Å²) < 4.78 is 3.54. The number of halogens is 2. The van der Waals surface area contributed by atoms with Gasteiger partial charge in [-0.1, -0.05) is 11.8 Å². The largest absolute Gasteiger partial charge is 0.323 e. The summed E-state index contributed by atoms with van der Waals surface area (Å²) in [6, 6.07) is 7.66. The Labute approximate surface area is 172 Å². The van der Waals surface area contributed by atoms with Gasteiger partial charge in [0, 0.05) is 34.0 Å². The molecular weight excluding hydrogens is 482 g/mol. The standard InChI is InChI=1S/C17H15Br2N5OS/c1-10-7-12(18)15(13(19)8-10)21-14(25)9-26-17-23-22-16(24(17)2)11-3-5-20-6-4-11/h3-8H,9H2,1-2H3,(H,21,25). The van der Waals surface area contributed by atoms with Crippen molar-refractivity contribution in [2.24, 2.45) is 7.05 Å². The molecule has 0 spiro atoms. The number of hydrogen-bond acceptors (Lipinski definition) is 5. The summed E-state index contributed by atoms with van der Waals surface area (Å²) in [4.78, 5) is 16.3. The van der Waals surface area contributed by atoms with Crippen LogP contribution in [-0.4, -0.2) is 31.4 Å². The zero-order valence-electron chi connectivity index (χ0n) is 14.0. The van der Waals surface area contributed by atoms with Crippen LogP contribution in [0.5, 0.6) is 0 Å². The molecule has 1 amide bonds. The molecule has 1 N–H and O–H groups in total. The lowest BCUT2D eigenvalue weighted by molar-refractivity contribution is -0.113. The van der Waals surface area contributed by atoms with E-state index in [-0.39, 0.29) is 11.7 Å². The second kappa shape index (κ2) is 8.32. The van der Waals surface area contributed by atoms with Crippen molar-refractivity contribution in [3.63, 3.8) is 0 Å². The van der Waals surface area contributed by atoms with E-state index in [0.29, 0.717) is 5.16 Å². The smallest absolute Gasteiger partial charge is 0.234 e. The first-order chi connectivity index (χ1) is 12.5. The Hall–Kier alpha value is -1.71. The van der Waals surface area contributed by atoms with Crippen LogP contribution in [0.1, 0.15) is 5.56 Å². The van der Waals surface area contributed by atoms with Crippen LogP contribution in [0.4, 0.5) is 5.69 Å². The number of amides is 1. The molecule has 9 heteroatoms. The molecule has 0 aliphatic carbocycles. The van der Waals surface area contributed by atoms with Gasteiger partial charge in [-0.3, -0.25) is 9.78 Å². The quantitative estimate of drug-likeness (QED) is 0.528. The highest BCUT2D eigenvalue weighted by Crippen LogP contribution is 2.32. The van der Waals surface area contributed by atoms with Crippen LogP contribution in [0.15, 0.2) is 50.8 Å². The molecule has 2 aromatic heterocycles. The Bertz CT molecular complexity index is 923. The van der Waals surface area contributed by atoms with Crippen LogP contribution >= 0.6 is 43.6 Å². The monoisotopic (exact) mass is 495 g/mol. The average Bonchev–Trinajstić information content (AvgIpc) is 2.98. The number of anilines is 1. The molecular formula is C17H15Br2N5OS. The van der Waals surface area contributed by atoms with Crippen molar-refractivity contribution < 1.29 is 4.79 Å². The maximum absolute atomic E-state index is 12.3. The van der Waals surface area contributed by atoms with E-state index in [4.69, 9.17) is 0 Å². The fraction of sp³-hybridized carbons (Fsp3) is 0.176. The minimum atomic E-state index is -0.117. The number of nitrogens with one attached hydrogen (secondary N) is 1. The number of thioether (sulfide) groups is 1. The summed E-state index contributed by atoms with van der Waals surface area (Å²) >= 11 is 8.30. The van der Waals surface area contributed by atoms with Gasteiger partial charge in [0.05, 0.1) is 11.4 Å². The number of nitrogens with zero attached hydrogens (tertiary/aromatic N) is 4. The molecule has 3 rings (SSSR count). The predicted octanol–water partition coefficient (Wildman–Crippen LogP) is 4.44. The molecule has 0 bridgehead atoms. The van der Waals surface area contributed by atoms with Crippen molar-refractivity contribution in [1.82, 2.24) is 19.7 Å². The van der Waals surface area contributed by atoms with Crippen molar-refractivity contribution in [3.05, 3.63) is 51.2 Å². The zero-order valence-corrected chi connectivity index (χ0v) is 18.0. The van der Waals surface area contributed by atoms with Crippen LogP contribution in [0, 0.1) is 6.92 Å². The SMILES string of the molecule is Cc1cc(Br)c(NC(=O)CSc2nnc(-c3ccncc3)n2C)c(Br)c1. The van der Waals surface area contributed by atoms with E-state index in [2.05, 4.69) is 52.4 Å². The number of aromatic nitrogens is 4. The molecule has 26 heavy (non-hydrogen) atoms. The van der Waals surface area contributed by atoms with E-state index in [1.54, 1.807) is 12.4 Å². The van der Waals surface area contributed by atoms with Crippen LogP contribution < -0.4 is 5.32 Å². The van der Waals surface area contributed by atoms with Gasteiger partial charge in [-0.2, -0.15) is 0 Å². The number of carbonyl (C=O) groups excluding carboxylic acids is 1. The normalized spacial score (nSPS) is 10.8. The molecule has 0 aliphatic heterocycles. The second-order valence-corrected chi connectivity index (χ2v) is 8.19. The minimum absolute atomic E-state index is 0.117. The van der Waals surface area contributed by atoms with E-state index in [1.165, 1.54) is 11.8 Å². The van der Waals surface area contributed by atoms with Gasteiger partial charge in [0.25, 0.3) is 0 Å². The molecule has 2 heterocycles. The van der Waals surface area contributed by atoms with Crippen molar-refractivity contribution in [2.75, 3.05) is 11.1 Å². The Morgan fingerprint density at radius 1 is 1.19 bits per heavy atom. The number of benzene rings is 1. The number of carbonyl (C=O) groups is 1. The maximum Gasteiger partial charge on any atom is 0.234 e. The summed E-state index contributed by atoms with van der Waals surface area (Å²) in [5, 5.41) is 12.0. The Morgan fingerprint density at radius 2 is 1.85 bits per heavy atom. The van der Waals surface area contributed by atoms with Gasteiger partial charge >= 0.3 is 0 Å². The lowest BCUT2D eigenvalue weighted by Crippen LogP contribution is -2.15. The number of hydrogen-bond donors (Lipinski definition) is 1. The van der Waals surface area contributed by atoms with E-state index in [9.17, 15) is 4.79 Å². The maximum atomic E-state index is 12.3. The zero-order chi connectivity index (χ0) is 18.7. The van der Waals surface area contributed by atoms with Gasteiger partial charge in [-0.25, -0.2) is 0 Å². The van der Waals surface area contributed by atoms with Crippen LogP contribution in [0.2, 0.25) is 0 Å². The molecule has 3 aromatic rings. The molecule has 0 atom stereocenters. The Morgan fingerprint density at radius 3 is 2.50 bits per heavy atom. The summed E-state index contributed by atoms with van der Waals surface area (Å²) in [7, 11) is 1.88. The first-order valence-corrected chi connectivity index (χ1v) is 10.2. The fourth-order valence-electron chi connectivity index (χ4n) is 2.32. The lowest BCUT2D eigenvalue weighted by atomic mass is 10.2. The van der Waals surface area contributed by atoms with Crippen LogP contribution in [0.3, 0.4) is 0 Å². The third kappa shape index (κ3) is 4.33. The first-order valence-electron chi connectivity index (χ1n) is 7.64. The summed E-state index contributed by atoms with van der Waals surface area (Å²) in [5.74, 6) is 0.850. The lowest BCUT2D eigenvalue weighted by Gasteiger charge is -2.10. The Balaban J connectivity index is 1.67. The molecule has 0 saturated heterocycles. The third-order valence-electron chi connectivity index (χ3n) is 3.56. The number of rotatable bonds is 5. The Kier molecular flexibility index (Phi) is 6.10. The van der Waals surface area contributed by atoms with Crippen molar-refractivity contribution in [3.8, 4) is 11.4 Å². The molecule has 0 aliphatic rings.